The first-order valence-corrected chi connectivity index (χ1v) is 5.79. The van der Waals surface area contributed by atoms with Crippen LogP contribution in [0.15, 0.2) is 6.20 Å². The summed E-state index contributed by atoms with van der Waals surface area (Å²) in [5.74, 6) is 0.679. The summed E-state index contributed by atoms with van der Waals surface area (Å²) in [5, 5.41) is -0.0717. The van der Waals surface area contributed by atoms with E-state index >= 15 is 0 Å². The van der Waals surface area contributed by atoms with Gasteiger partial charge in [-0.15, -0.1) is 11.6 Å². The summed E-state index contributed by atoms with van der Waals surface area (Å²) in [6.45, 7) is 5.61. The van der Waals surface area contributed by atoms with E-state index in [-0.39, 0.29) is 11.5 Å². The second kappa shape index (κ2) is 5.08. The standard InChI is InChI=1S/C11H15ClN2O2/c1-7(12)9-5-13-11(14-8(9)2)10-6-15-3-4-16-10/h5,7,10H,3-4,6H2,1-2H3. The zero-order chi connectivity index (χ0) is 11.5. The Morgan fingerprint density at radius 3 is 2.88 bits per heavy atom. The third kappa shape index (κ3) is 2.51. The van der Waals surface area contributed by atoms with Crippen molar-refractivity contribution in [2.24, 2.45) is 0 Å². The van der Waals surface area contributed by atoms with Gasteiger partial charge in [0.15, 0.2) is 5.82 Å². The molecule has 0 N–H and O–H groups in total. The Morgan fingerprint density at radius 2 is 2.31 bits per heavy atom. The molecule has 1 fully saturated rings. The van der Waals surface area contributed by atoms with E-state index in [1.54, 1.807) is 6.20 Å². The van der Waals surface area contributed by atoms with Crippen LogP contribution in [0.1, 0.15) is 35.5 Å². The summed E-state index contributed by atoms with van der Waals surface area (Å²) in [4.78, 5) is 8.70. The Hall–Kier alpha value is -0.710. The normalized spacial score (nSPS) is 23.1. The zero-order valence-corrected chi connectivity index (χ0v) is 10.2. The predicted octanol–water partition coefficient (Wildman–Crippen LogP) is 2.17. The first kappa shape index (κ1) is 11.8. The highest BCUT2D eigenvalue weighted by Crippen LogP contribution is 2.23. The van der Waals surface area contributed by atoms with Gasteiger partial charge < -0.3 is 9.47 Å². The minimum Gasteiger partial charge on any atom is -0.376 e. The Morgan fingerprint density at radius 1 is 1.50 bits per heavy atom. The second-order valence-electron chi connectivity index (χ2n) is 3.82. The fraction of sp³-hybridized carbons (Fsp3) is 0.636. The molecule has 0 amide bonds. The fourth-order valence-electron chi connectivity index (χ4n) is 1.68. The maximum absolute atomic E-state index is 6.01. The van der Waals surface area contributed by atoms with Gasteiger partial charge in [-0.25, -0.2) is 9.97 Å². The average molecular weight is 243 g/mol. The topological polar surface area (TPSA) is 44.2 Å². The molecule has 88 valence electrons. The number of nitrogens with zero attached hydrogens (tertiary/aromatic N) is 2. The van der Waals surface area contributed by atoms with Crippen LogP contribution in [0.25, 0.3) is 0 Å². The number of aryl methyl sites for hydroxylation is 1. The van der Waals surface area contributed by atoms with Crippen LogP contribution in [0.3, 0.4) is 0 Å². The van der Waals surface area contributed by atoms with E-state index in [0.29, 0.717) is 25.6 Å². The molecule has 0 bridgehead atoms. The van der Waals surface area contributed by atoms with E-state index in [4.69, 9.17) is 21.1 Å². The molecule has 5 heteroatoms. The van der Waals surface area contributed by atoms with Gasteiger partial charge in [0.25, 0.3) is 0 Å². The van der Waals surface area contributed by atoms with Crippen molar-refractivity contribution in [3.8, 4) is 0 Å². The van der Waals surface area contributed by atoms with Crippen molar-refractivity contribution >= 4 is 11.6 Å². The van der Waals surface area contributed by atoms with Crippen LogP contribution in [0.4, 0.5) is 0 Å². The lowest BCUT2D eigenvalue weighted by Gasteiger charge is -2.22. The number of aromatic nitrogens is 2. The van der Waals surface area contributed by atoms with Crippen LogP contribution in [0.2, 0.25) is 0 Å². The van der Waals surface area contributed by atoms with Crippen molar-refractivity contribution in [3.05, 3.63) is 23.3 Å². The number of ether oxygens (including phenoxy) is 2. The van der Waals surface area contributed by atoms with Crippen molar-refractivity contribution in [1.29, 1.82) is 0 Å². The fourth-order valence-corrected chi connectivity index (χ4v) is 1.89. The number of alkyl halides is 1. The highest BCUT2D eigenvalue weighted by molar-refractivity contribution is 6.20. The summed E-state index contributed by atoms with van der Waals surface area (Å²) in [6.07, 6.45) is 1.62. The third-order valence-electron chi connectivity index (χ3n) is 2.57. The highest BCUT2D eigenvalue weighted by Gasteiger charge is 2.20. The van der Waals surface area contributed by atoms with Crippen molar-refractivity contribution < 1.29 is 9.47 Å². The van der Waals surface area contributed by atoms with E-state index < -0.39 is 0 Å². The molecule has 0 aliphatic carbocycles. The van der Waals surface area contributed by atoms with Gasteiger partial charge in [-0.1, -0.05) is 0 Å². The van der Waals surface area contributed by atoms with E-state index in [1.165, 1.54) is 0 Å². The molecule has 16 heavy (non-hydrogen) atoms. The van der Waals surface area contributed by atoms with Gasteiger partial charge >= 0.3 is 0 Å². The van der Waals surface area contributed by atoms with Crippen molar-refractivity contribution in [3.63, 3.8) is 0 Å². The first-order valence-electron chi connectivity index (χ1n) is 5.35. The second-order valence-corrected chi connectivity index (χ2v) is 4.47. The lowest BCUT2D eigenvalue weighted by atomic mass is 10.2. The largest absolute Gasteiger partial charge is 0.376 e. The van der Waals surface area contributed by atoms with Crippen LogP contribution in [-0.2, 0) is 9.47 Å². The van der Waals surface area contributed by atoms with Gasteiger partial charge in [0.1, 0.15) is 6.10 Å². The summed E-state index contributed by atoms with van der Waals surface area (Å²) in [6, 6.07) is 0. The van der Waals surface area contributed by atoms with Crippen LogP contribution in [0, 0.1) is 6.92 Å². The predicted molar refractivity (Wildman–Crippen MR) is 60.5 cm³/mol. The van der Waals surface area contributed by atoms with Crippen LogP contribution in [0.5, 0.6) is 0 Å². The van der Waals surface area contributed by atoms with Crippen molar-refractivity contribution in [2.45, 2.75) is 25.3 Å². The molecule has 1 aromatic heterocycles. The molecule has 1 aliphatic rings. The highest BCUT2D eigenvalue weighted by atomic mass is 35.5. The van der Waals surface area contributed by atoms with Gasteiger partial charge in [-0.2, -0.15) is 0 Å². The zero-order valence-electron chi connectivity index (χ0n) is 9.44. The summed E-state index contributed by atoms with van der Waals surface area (Å²) >= 11 is 6.01. The molecule has 1 aliphatic heterocycles. The Bertz CT molecular complexity index is 365. The minimum atomic E-state index is -0.146. The molecule has 4 nitrogen and oxygen atoms in total. The monoisotopic (exact) mass is 242 g/mol. The van der Waals surface area contributed by atoms with Gasteiger partial charge in [0.2, 0.25) is 0 Å². The molecule has 0 radical (unpaired) electrons. The number of halogens is 1. The maximum atomic E-state index is 6.01. The van der Waals surface area contributed by atoms with Crippen molar-refractivity contribution in [1.82, 2.24) is 9.97 Å². The van der Waals surface area contributed by atoms with E-state index in [2.05, 4.69) is 9.97 Å². The molecule has 2 unspecified atom stereocenters. The van der Waals surface area contributed by atoms with Crippen LogP contribution < -0.4 is 0 Å². The summed E-state index contributed by atoms with van der Waals surface area (Å²) < 4.78 is 10.9. The molecule has 1 aromatic rings. The molecule has 0 aromatic carbocycles. The number of rotatable bonds is 2. The van der Waals surface area contributed by atoms with Crippen molar-refractivity contribution in [2.75, 3.05) is 19.8 Å². The maximum Gasteiger partial charge on any atom is 0.159 e. The molecular formula is C11H15ClN2O2. The molecule has 2 heterocycles. The van der Waals surface area contributed by atoms with E-state index in [0.717, 1.165) is 11.3 Å². The average Bonchev–Trinajstić information content (AvgIpc) is 2.29. The lowest BCUT2D eigenvalue weighted by Crippen LogP contribution is -2.24. The molecule has 2 atom stereocenters. The number of hydrogen-bond donors (Lipinski definition) is 0. The molecular weight excluding hydrogens is 228 g/mol. The molecule has 0 saturated carbocycles. The van der Waals surface area contributed by atoms with Crippen LogP contribution >= 0.6 is 11.6 Å². The smallest absolute Gasteiger partial charge is 0.159 e. The van der Waals surface area contributed by atoms with Gasteiger partial charge in [0, 0.05) is 17.5 Å². The Kier molecular flexibility index (Phi) is 3.74. The third-order valence-corrected chi connectivity index (χ3v) is 2.80. The number of hydrogen-bond acceptors (Lipinski definition) is 4. The van der Waals surface area contributed by atoms with Gasteiger partial charge in [-0.3, -0.25) is 0 Å². The lowest BCUT2D eigenvalue weighted by molar-refractivity contribution is -0.0936. The quantitative estimate of drug-likeness (QED) is 0.746. The molecule has 2 rings (SSSR count). The van der Waals surface area contributed by atoms with Crippen LogP contribution in [-0.4, -0.2) is 29.8 Å². The molecule has 1 saturated heterocycles. The summed E-state index contributed by atoms with van der Waals surface area (Å²) in [7, 11) is 0. The summed E-state index contributed by atoms with van der Waals surface area (Å²) in [5.41, 5.74) is 1.86. The van der Waals surface area contributed by atoms with E-state index in [9.17, 15) is 0 Å². The molecule has 0 spiro atoms. The first-order chi connectivity index (χ1) is 7.68. The van der Waals surface area contributed by atoms with Gasteiger partial charge in [-0.05, 0) is 13.8 Å². The Labute approximate surface area is 99.9 Å². The minimum absolute atomic E-state index is 0.0717. The van der Waals surface area contributed by atoms with Gasteiger partial charge in [0.05, 0.1) is 25.2 Å². The Balaban J connectivity index is 2.19. The van der Waals surface area contributed by atoms with E-state index in [1.807, 2.05) is 13.8 Å². The SMILES string of the molecule is Cc1nc(C2COCCO2)ncc1C(C)Cl.